The standard InChI is InChI=1S/C24H25F4N3O/c25-19-3-1-2-4-21(19)30-9-10-31-20-8-7-17(24(26,27)28)11-16(20)12-18(22(31)14-30)23(32)29-13-15-5-6-15/h1-4,7-8,11,15,18,22H,5-6,9-10,12-14H2,(H,29,32)/t18-,22+/m1/s1. The van der Waals surface area contributed by atoms with Crippen LogP contribution in [0.1, 0.15) is 24.0 Å². The van der Waals surface area contributed by atoms with E-state index >= 15 is 0 Å². The number of anilines is 2. The van der Waals surface area contributed by atoms with E-state index in [1.807, 2.05) is 9.80 Å². The molecule has 8 heteroatoms. The maximum atomic E-state index is 14.4. The van der Waals surface area contributed by atoms with Crippen LogP contribution in [0, 0.1) is 17.7 Å². The largest absolute Gasteiger partial charge is 0.416 e. The number of piperazine rings is 1. The average Bonchev–Trinajstić information content (AvgIpc) is 3.60. The minimum absolute atomic E-state index is 0.134. The van der Waals surface area contributed by atoms with E-state index in [2.05, 4.69) is 5.32 Å². The van der Waals surface area contributed by atoms with Crippen LogP contribution in [-0.4, -0.2) is 38.1 Å². The first-order valence-electron chi connectivity index (χ1n) is 11.0. The van der Waals surface area contributed by atoms with Crippen LogP contribution < -0.4 is 15.1 Å². The van der Waals surface area contributed by atoms with Crippen LogP contribution >= 0.6 is 0 Å². The molecule has 0 bridgehead atoms. The lowest BCUT2D eigenvalue weighted by Gasteiger charge is -2.49. The molecule has 0 aromatic heterocycles. The molecule has 1 saturated heterocycles. The third-order valence-corrected chi connectivity index (χ3v) is 6.83. The second-order valence-corrected chi connectivity index (χ2v) is 9.00. The molecule has 0 unspecified atom stereocenters. The molecule has 2 aliphatic heterocycles. The first-order chi connectivity index (χ1) is 15.3. The summed E-state index contributed by atoms with van der Waals surface area (Å²) in [5.74, 6) is -0.449. The SMILES string of the molecule is O=C(NCC1CC1)[C@@H]1Cc2cc(C(F)(F)F)ccc2N2CCN(c3ccccc3F)C[C@@H]12. The monoisotopic (exact) mass is 447 g/mol. The van der Waals surface area contributed by atoms with Crippen molar-refractivity contribution < 1.29 is 22.4 Å². The molecule has 0 spiro atoms. The first-order valence-corrected chi connectivity index (χ1v) is 11.0. The Hall–Kier alpha value is -2.77. The zero-order valence-electron chi connectivity index (χ0n) is 17.5. The predicted molar refractivity (Wildman–Crippen MR) is 114 cm³/mol. The van der Waals surface area contributed by atoms with Crippen LogP contribution in [0.3, 0.4) is 0 Å². The Balaban J connectivity index is 1.46. The number of hydrogen-bond acceptors (Lipinski definition) is 3. The average molecular weight is 447 g/mol. The lowest BCUT2D eigenvalue weighted by Crippen LogP contribution is -2.61. The van der Waals surface area contributed by atoms with E-state index in [0.29, 0.717) is 43.3 Å². The van der Waals surface area contributed by atoms with Crippen LogP contribution in [0.4, 0.5) is 28.9 Å². The minimum atomic E-state index is -4.43. The van der Waals surface area contributed by atoms with Gasteiger partial charge in [-0.1, -0.05) is 12.1 Å². The number of rotatable bonds is 4. The summed E-state index contributed by atoms with van der Waals surface area (Å²) in [6.07, 6.45) is -2.00. The summed E-state index contributed by atoms with van der Waals surface area (Å²) in [5, 5.41) is 3.01. The van der Waals surface area contributed by atoms with E-state index in [4.69, 9.17) is 0 Å². The Labute approximate surface area is 184 Å². The molecule has 1 saturated carbocycles. The van der Waals surface area contributed by atoms with Gasteiger partial charge in [0.15, 0.2) is 0 Å². The molecule has 2 fully saturated rings. The number of nitrogens with one attached hydrogen (secondary N) is 1. The number of para-hydroxylation sites is 1. The second-order valence-electron chi connectivity index (χ2n) is 9.00. The fraction of sp³-hybridized carbons (Fsp3) is 0.458. The molecule has 2 aromatic carbocycles. The normalized spacial score (nSPS) is 22.9. The summed E-state index contributed by atoms with van der Waals surface area (Å²) in [4.78, 5) is 17.1. The number of carbonyl (C=O) groups excluding carboxylic acids is 1. The van der Waals surface area contributed by atoms with E-state index in [9.17, 15) is 22.4 Å². The number of halogens is 4. The predicted octanol–water partition coefficient (Wildman–Crippen LogP) is 4.24. The molecule has 32 heavy (non-hydrogen) atoms. The Bertz CT molecular complexity index is 1020. The van der Waals surface area contributed by atoms with Crippen molar-refractivity contribution in [3.8, 4) is 0 Å². The van der Waals surface area contributed by atoms with Crippen LogP contribution in [0.5, 0.6) is 0 Å². The van der Waals surface area contributed by atoms with Gasteiger partial charge in [0.2, 0.25) is 5.91 Å². The first kappa shape index (κ1) is 21.1. The summed E-state index contributed by atoms with van der Waals surface area (Å²) >= 11 is 0. The van der Waals surface area contributed by atoms with Crippen molar-refractivity contribution >= 4 is 17.3 Å². The third-order valence-electron chi connectivity index (χ3n) is 6.83. The Morgan fingerprint density at radius 1 is 1.06 bits per heavy atom. The molecule has 2 atom stereocenters. The fourth-order valence-electron chi connectivity index (χ4n) is 4.92. The van der Waals surface area contributed by atoms with Crippen LogP contribution in [0.2, 0.25) is 0 Å². The number of fused-ring (bicyclic) bond motifs is 3. The molecule has 3 aliphatic rings. The van der Waals surface area contributed by atoms with Crippen molar-refractivity contribution in [2.75, 3.05) is 36.0 Å². The van der Waals surface area contributed by atoms with Gasteiger partial charge in [0.25, 0.3) is 0 Å². The number of alkyl halides is 3. The summed E-state index contributed by atoms with van der Waals surface area (Å²) in [7, 11) is 0. The number of carbonyl (C=O) groups is 1. The molecule has 170 valence electrons. The van der Waals surface area contributed by atoms with E-state index in [0.717, 1.165) is 24.6 Å². The van der Waals surface area contributed by atoms with Gasteiger partial charge in [-0.25, -0.2) is 4.39 Å². The number of nitrogens with zero attached hydrogens (tertiary/aromatic N) is 2. The van der Waals surface area contributed by atoms with Gasteiger partial charge in [-0.2, -0.15) is 13.2 Å². The van der Waals surface area contributed by atoms with Gasteiger partial charge < -0.3 is 15.1 Å². The summed E-state index contributed by atoms with van der Waals surface area (Å²) in [5.41, 5.74) is 1.07. The zero-order chi connectivity index (χ0) is 22.5. The van der Waals surface area contributed by atoms with Gasteiger partial charge in [-0.3, -0.25) is 4.79 Å². The highest BCUT2D eigenvalue weighted by atomic mass is 19.4. The second kappa shape index (κ2) is 7.98. The van der Waals surface area contributed by atoms with Crippen molar-refractivity contribution in [2.45, 2.75) is 31.5 Å². The quantitative estimate of drug-likeness (QED) is 0.713. The third kappa shape index (κ3) is 4.02. The van der Waals surface area contributed by atoms with Crippen molar-refractivity contribution in [1.29, 1.82) is 0 Å². The molecular formula is C24H25F4N3O. The number of amides is 1. The molecule has 1 amide bonds. The minimum Gasteiger partial charge on any atom is -0.365 e. The smallest absolute Gasteiger partial charge is 0.365 e. The highest BCUT2D eigenvalue weighted by Crippen LogP contribution is 2.40. The van der Waals surface area contributed by atoms with Gasteiger partial charge >= 0.3 is 6.18 Å². The lowest BCUT2D eigenvalue weighted by molar-refractivity contribution is -0.137. The van der Waals surface area contributed by atoms with Gasteiger partial charge in [-0.15, -0.1) is 0 Å². The fourth-order valence-corrected chi connectivity index (χ4v) is 4.92. The lowest BCUT2D eigenvalue weighted by atomic mass is 9.82. The van der Waals surface area contributed by atoms with Gasteiger partial charge in [0.05, 0.1) is 23.2 Å². The van der Waals surface area contributed by atoms with E-state index < -0.39 is 17.7 Å². The highest BCUT2D eigenvalue weighted by Gasteiger charge is 2.43. The molecule has 1 N–H and O–H groups in total. The van der Waals surface area contributed by atoms with Crippen LogP contribution in [-0.2, 0) is 17.4 Å². The summed E-state index contributed by atoms with van der Waals surface area (Å²) < 4.78 is 54.3. The zero-order valence-corrected chi connectivity index (χ0v) is 17.5. The Morgan fingerprint density at radius 3 is 2.56 bits per heavy atom. The van der Waals surface area contributed by atoms with Crippen molar-refractivity contribution in [2.24, 2.45) is 11.8 Å². The maximum Gasteiger partial charge on any atom is 0.416 e. The van der Waals surface area contributed by atoms with Crippen LogP contribution in [0.15, 0.2) is 42.5 Å². The molecule has 2 aromatic rings. The molecule has 0 radical (unpaired) electrons. The topological polar surface area (TPSA) is 35.6 Å². The van der Waals surface area contributed by atoms with E-state index in [-0.39, 0.29) is 24.2 Å². The van der Waals surface area contributed by atoms with Crippen LogP contribution in [0.25, 0.3) is 0 Å². The van der Waals surface area contributed by atoms with E-state index in [1.54, 1.807) is 18.2 Å². The Morgan fingerprint density at radius 2 is 1.84 bits per heavy atom. The van der Waals surface area contributed by atoms with Crippen molar-refractivity contribution in [3.05, 3.63) is 59.4 Å². The molecule has 2 heterocycles. The highest BCUT2D eigenvalue weighted by molar-refractivity contribution is 5.82. The summed E-state index contributed by atoms with van der Waals surface area (Å²) in [6.45, 7) is 2.06. The molecule has 4 nitrogen and oxygen atoms in total. The van der Waals surface area contributed by atoms with Gasteiger partial charge in [0.1, 0.15) is 5.82 Å². The molecule has 1 aliphatic carbocycles. The van der Waals surface area contributed by atoms with E-state index in [1.165, 1.54) is 18.2 Å². The summed E-state index contributed by atoms with van der Waals surface area (Å²) in [6, 6.07) is 10.1. The number of benzene rings is 2. The van der Waals surface area contributed by atoms with Crippen molar-refractivity contribution in [1.82, 2.24) is 5.32 Å². The van der Waals surface area contributed by atoms with Gasteiger partial charge in [-0.05, 0) is 61.1 Å². The van der Waals surface area contributed by atoms with Crippen molar-refractivity contribution in [3.63, 3.8) is 0 Å². The number of hydrogen-bond donors (Lipinski definition) is 1. The maximum absolute atomic E-state index is 14.4. The van der Waals surface area contributed by atoms with Gasteiger partial charge in [0, 0.05) is 31.9 Å². The molecule has 5 rings (SSSR count). The Kier molecular flexibility index (Phi) is 5.26. The molecular weight excluding hydrogens is 422 g/mol.